The highest BCUT2D eigenvalue weighted by Gasteiger charge is 2.27. The fourth-order valence-corrected chi connectivity index (χ4v) is 3.03. The molecule has 1 aromatic rings. The summed E-state index contributed by atoms with van der Waals surface area (Å²) < 4.78 is 0. The highest BCUT2D eigenvalue weighted by atomic mass is 35.5. The van der Waals surface area contributed by atoms with E-state index in [9.17, 15) is 4.79 Å². The zero-order valence-electron chi connectivity index (χ0n) is 12.2. The maximum absolute atomic E-state index is 12.5. The minimum atomic E-state index is -0.00535. The van der Waals surface area contributed by atoms with Crippen molar-refractivity contribution in [3.63, 3.8) is 0 Å². The van der Waals surface area contributed by atoms with E-state index in [2.05, 4.69) is 19.2 Å². The number of nitrogens with zero attached hydrogens (tertiary/aromatic N) is 1. The van der Waals surface area contributed by atoms with Crippen molar-refractivity contribution in [3.8, 4) is 0 Å². The van der Waals surface area contributed by atoms with Gasteiger partial charge in [0.15, 0.2) is 0 Å². The van der Waals surface area contributed by atoms with Crippen LogP contribution in [0.1, 0.15) is 46.0 Å². The lowest BCUT2D eigenvalue weighted by Gasteiger charge is -2.37. The Hall–Kier alpha value is -1.22. The van der Waals surface area contributed by atoms with E-state index in [0.29, 0.717) is 11.1 Å². The molecule has 1 saturated carbocycles. The van der Waals surface area contributed by atoms with Crippen molar-refractivity contribution in [2.45, 2.75) is 58.0 Å². The molecule has 0 spiro atoms. The van der Waals surface area contributed by atoms with Crippen molar-refractivity contribution in [2.75, 3.05) is 5.32 Å². The molecule has 110 valence electrons. The third-order valence-corrected chi connectivity index (χ3v) is 4.11. The van der Waals surface area contributed by atoms with Gasteiger partial charge in [0.25, 0.3) is 0 Å². The predicted octanol–water partition coefficient (Wildman–Crippen LogP) is 4.92. The van der Waals surface area contributed by atoms with Gasteiger partial charge in [-0.1, -0.05) is 30.9 Å². The van der Waals surface area contributed by atoms with Crippen molar-refractivity contribution in [1.82, 2.24) is 4.90 Å². The van der Waals surface area contributed by atoms with E-state index in [0.717, 1.165) is 18.5 Å². The minimum Gasteiger partial charge on any atom is -0.319 e. The lowest BCUT2D eigenvalue weighted by atomic mass is 9.93. The SMILES string of the molecule is CC(C)N(C(=O)Nc1ccc(Cl)cc1)C1CCCCC1. The molecule has 2 rings (SSSR count). The predicted molar refractivity (Wildman–Crippen MR) is 84.3 cm³/mol. The van der Waals surface area contributed by atoms with Crippen LogP contribution in [-0.4, -0.2) is 23.0 Å². The number of carbonyl (C=O) groups excluding carboxylic acids is 1. The molecule has 20 heavy (non-hydrogen) atoms. The molecule has 0 saturated heterocycles. The summed E-state index contributed by atoms with van der Waals surface area (Å²) in [7, 11) is 0. The van der Waals surface area contributed by atoms with Crippen molar-refractivity contribution in [3.05, 3.63) is 29.3 Å². The molecular formula is C16H23ClN2O. The number of hydrogen-bond donors (Lipinski definition) is 1. The first kappa shape index (κ1) is 15.2. The Kier molecular flexibility index (Phi) is 5.30. The van der Waals surface area contributed by atoms with Gasteiger partial charge < -0.3 is 10.2 Å². The van der Waals surface area contributed by atoms with Gasteiger partial charge in [-0.05, 0) is 51.0 Å². The molecular weight excluding hydrogens is 272 g/mol. The number of hydrogen-bond acceptors (Lipinski definition) is 1. The second-order valence-corrected chi connectivity index (χ2v) is 6.17. The van der Waals surface area contributed by atoms with E-state index in [1.54, 1.807) is 12.1 Å². The van der Waals surface area contributed by atoms with Gasteiger partial charge in [-0.25, -0.2) is 4.79 Å². The third-order valence-electron chi connectivity index (χ3n) is 3.85. The van der Waals surface area contributed by atoms with E-state index < -0.39 is 0 Å². The van der Waals surface area contributed by atoms with E-state index in [4.69, 9.17) is 11.6 Å². The summed E-state index contributed by atoms with van der Waals surface area (Å²) in [6, 6.07) is 7.82. The Balaban J connectivity index is 2.04. The van der Waals surface area contributed by atoms with Crippen molar-refractivity contribution >= 4 is 23.3 Å². The maximum Gasteiger partial charge on any atom is 0.322 e. The van der Waals surface area contributed by atoms with E-state index in [-0.39, 0.29) is 12.1 Å². The quantitative estimate of drug-likeness (QED) is 0.843. The maximum atomic E-state index is 12.5. The Bertz CT molecular complexity index is 438. The van der Waals surface area contributed by atoms with Gasteiger partial charge in [0.2, 0.25) is 0 Å². The first-order valence-corrected chi connectivity index (χ1v) is 7.80. The molecule has 1 aromatic carbocycles. The highest BCUT2D eigenvalue weighted by molar-refractivity contribution is 6.30. The van der Waals surface area contributed by atoms with Crippen LogP contribution in [-0.2, 0) is 0 Å². The number of halogens is 1. The summed E-state index contributed by atoms with van der Waals surface area (Å²) in [5.74, 6) is 0. The Labute approximate surface area is 126 Å². The summed E-state index contributed by atoms with van der Waals surface area (Å²) in [4.78, 5) is 14.5. The second-order valence-electron chi connectivity index (χ2n) is 5.73. The van der Waals surface area contributed by atoms with E-state index >= 15 is 0 Å². The van der Waals surface area contributed by atoms with Crippen LogP contribution >= 0.6 is 11.6 Å². The molecule has 1 N–H and O–H groups in total. The largest absolute Gasteiger partial charge is 0.322 e. The van der Waals surface area contributed by atoms with Crippen molar-refractivity contribution in [2.24, 2.45) is 0 Å². The molecule has 1 aliphatic carbocycles. The summed E-state index contributed by atoms with van der Waals surface area (Å²) in [6.45, 7) is 4.16. The standard InChI is InChI=1S/C16H23ClN2O/c1-12(2)19(15-6-4-3-5-7-15)16(20)18-14-10-8-13(17)9-11-14/h8-12,15H,3-7H2,1-2H3,(H,18,20). The van der Waals surface area contributed by atoms with Crippen LogP contribution in [0, 0.1) is 0 Å². The normalized spacial score (nSPS) is 16.2. The molecule has 4 heteroatoms. The van der Waals surface area contributed by atoms with Crippen molar-refractivity contribution in [1.29, 1.82) is 0 Å². The van der Waals surface area contributed by atoms with Crippen LogP contribution < -0.4 is 5.32 Å². The van der Waals surface area contributed by atoms with E-state index in [1.807, 2.05) is 17.0 Å². The number of benzene rings is 1. The van der Waals surface area contributed by atoms with Crippen molar-refractivity contribution < 1.29 is 4.79 Å². The highest BCUT2D eigenvalue weighted by Crippen LogP contribution is 2.25. The molecule has 0 radical (unpaired) electrons. The zero-order valence-corrected chi connectivity index (χ0v) is 13.0. The van der Waals surface area contributed by atoms with Gasteiger partial charge >= 0.3 is 6.03 Å². The smallest absolute Gasteiger partial charge is 0.319 e. The molecule has 0 unspecified atom stereocenters. The van der Waals surface area contributed by atoms with Gasteiger partial charge in [0, 0.05) is 22.8 Å². The number of amides is 2. The average molecular weight is 295 g/mol. The number of urea groups is 1. The second kappa shape index (κ2) is 6.98. The molecule has 0 atom stereocenters. The summed E-state index contributed by atoms with van der Waals surface area (Å²) in [5.41, 5.74) is 0.792. The van der Waals surface area contributed by atoms with Crippen LogP contribution in [0.5, 0.6) is 0 Å². The summed E-state index contributed by atoms with van der Waals surface area (Å²) in [5, 5.41) is 3.65. The average Bonchev–Trinajstić information content (AvgIpc) is 2.42. The Morgan fingerprint density at radius 2 is 1.80 bits per heavy atom. The third kappa shape index (κ3) is 3.89. The minimum absolute atomic E-state index is 0.00535. The lowest BCUT2D eigenvalue weighted by Crippen LogP contribution is -2.47. The van der Waals surface area contributed by atoms with Gasteiger partial charge in [0.05, 0.1) is 0 Å². The monoisotopic (exact) mass is 294 g/mol. The van der Waals surface area contributed by atoms with Crippen LogP contribution in [0.15, 0.2) is 24.3 Å². The molecule has 0 aliphatic heterocycles. The summed E-state index contributed by atoms with van der Waals surface area (Å²) in [6.07, 6.45) is 5.98. The van der Waals surface area contributed by atoms with Crippen LogP contribution in [0.3, 0.4) is 0 Å². The first-order valence-electron chi connectivity index (χ1n) is 7.43. The number of anilines is 1. The number of carbonyl (C=O) groups is 1. The summed E-state index contributed by atoms with van der Waals surface area (Å²) >= 11 is 5.86. The number of rotatable bonds is 3. The topological polar surface area (TPSA) is 32.3 Å². The van der Waals surface area contributed by atoms with Gasteiger partial charge in [-0.3, -0.25) is 0 Å². The van der Waals surface area contributed by atoms with Crippen LogP contribution in [0.2, 0.25) is 5.02 Å². The Morgan fingerprint density at radius 1 is 1.20 bits per heavy atom. The molecule has 0 aromatic heterocycles. The molecule has 2 amide bonds. The number of nitrogens with one attached hydrogen (secondary N) is 1. The van der Waals surface area contributed by atoms with Gasteiger partial charge in [-0.15, -0.1) is 0 Å². The fourth-order valence-electron chi connectivity index (χ4n) is 2.90. The zero-order chi connectivity index (χ0) is 14.5. The molecule has 0 heterocycles. The van der Waals surface area contributed by atoms with Crippen LogP contribution in [0.25, 0.3) is 0 Å². The van der Waals surface area contributed by atoms with Gasteiger partial charge in [0.1, 0.15) is 0 Å². The lowest BCUT2D eigenvalue weighted by molar-refractivity contribution is 0.145. The van der Waals surface area contributed by atoms with Gasteiger partial charge in [-0.2, -0.15) is 0 Å². The fraction of sp³-hybridized carbons (Fsp3) is 0.562. The molecule has 0 bridgehead atoms. The molecule has 1 aliphatic rings. The Morgan fingerprint density at radius 3 is 2.35 bits per heavy atom. The van der Waals surface area contributed by atoms with E-state index in [1.165, 1.54) is 19.3 Å². The first-order chi connectivity index (χ1) is 9.58. The molecule has 1 fully saturated rings. The molecule has 3 nitrogen and oxygen atoms in total. The van der Waals surface area contributed by atoms with Crippen LogP contribution in [0.4, 0.5) is 10.5 Å².